The molecule has 5 heteroatoms. The predicted octanol–water partition coefficient (Wildman–Crippen LogP) is 2.32. The van der Waals surface area contributed by atoms with Crippen LogP contribution in [-0.2, 0) is 0 Å². The van der Waals surface area contributed by atoms with Crippen LogP contribution in [0, 0.1) is 18.6 Å². The highest BCUT2D eigenvalue weighted by molar-refractivity contribution is 5.56. The van der Waals surface area contributed by atoms with Crippen LogP contribution in [0.1, 0.15) is 5.56 Å². The van der Waals surface area contributed by atoms with Crippen molar-refractivity contribution >= 4 is 0 Å². The van der Waals surface area contributed by atoms with Crippen LogP contribution in [-0.4, -0.2) is 10.1 Å². The molecule has 2 rings (SSSR count). The smallest absolute Gasteiger partial charge is 0.214 e. The van der Waals surface area contributed by atoms with Gasteiger partial charge in [-0.3, -0.25) is 0 Å². The van der Waals surface area contributed by atoms with E-state index in [2.05, 4.69) is 14.7 Å². The minimum absolute atomic E-state index is 0.0104. The summed E-state index contributed by atoms with van der Waals surface area (Å²) in [6.45, 7) is 1.66. The molecule has 14 heavy (non-hydrogen) atoms. The third kappa shape index (κ3) is 1.37. The number of nitrogens with zero attached hydrogens (tertiary/aromatic N) is 2. The van der Waals surface area contributed by atoms with Crippen LogP contribution in [0.3, 0.4) is 0 Å². The molecule has 0 saturated heterocycles. The fourth-order valence-corrected chi connectivity index (χ4v) is 1.18. The van der Waals surface area contributed by atoms with Gasteiger partial charge in [0.05, 0.1) is 5.56 Å². The van der Waals surface area contributed by atoms with E-state index >= 15 is 0 Å². The lowest BCUT2D eigenvalue weighted by Crippen LogP contribution is -1.92. The van der Waals surface area contributed by atoms with Crippen molar-refractivity contribution in [2.24, 2.45) is 0 Å². The standard InChI is InChI=1S/C9H6F2N2O/c1-5-2-6(8(11)7(10)3-5)9-12-4-14-13-9/h2-4H,1H3. The summed E-state index contributed by atoms with van der Waals surface area (Å²) in [5.41, 5.74) is 0.611. The zero-order valence-electron chi connectivity index (χ0n) is 7.29. The lowest BCUT2D eigenvalue weighted by molar-refractivity contribution is 0.418. The molecular formula is C9H6F2N2O. The van der Waals surface area contributed by atoms with E-state index in [1.807, 2.05) is 0 Å². The van der Waals surface area contributed by atoms with Crippen molar-refractivity contribution in [3.63, 3.8) is 0 Å². The number of hydrogen-bond acceptors (Lipinski definition) is 3. The number of benzene rings is 1. The molecule has 0 bridgehead atoms. The second kappa shape index (κ2) is 3.17. The van der Waals surface area contributed by atoms with Gasteiger partial charge in [-0.25, -0.2) is 8.78 Å². The number of aryl methyl sites for hydroxylation is 1. The van der Waals surface area contributed by atoms with Crippen LogP contribution in [0.5, 0.6) is 0 Å². The zero-order chi connectivity index (χ0) is 10.1. The Morgan fingerprint density at radius 3 is 2.71 bits per heavy atom. The lowest BCUT2D eigenvalue weighted by Gasteiger charge is -2.00. The van der Waals surface area contributed by atoms with Crippen molar-refractivity contribution in [2.75, 3.05) is 0 Å². The van der Waals surface area contributed by atoms with Crippen LogP contribution >= 0.6 is 0 Å². The SMILES string of the molecule is Cc1cc(F)c(F)c(-c2ncon2)c1. The average Bonchev–Trinajstić information content (AvgIpc) is 2.63. The van der Waals surface area contributed by atoms with E-state index in [4.69, 9.17) is 0 Å². The molecule has 2 aromatic rings. The summed E-state index contributed by atoms with van der Waals surface area (Å²) in [6.07, 6.45) is 1.06. The van der Waals surface area contributed by atoms with Crippen molar-refractivity contribution in [2.45, 2.75) is 6.92 Å². The lowest BCUT2D eigenvalue weighted by atomic mass is 10.1. The quantitative estimate of drug-likeness (QED) is 0.702. The van der Waals surface area contributed by atoms with Crippen molar-refractivity contribution < 1.29 is 13.3 Å². The molecule has 3 nitrogen and oxygen atoms in total. The van der Waals surface area contributed by atoms with Crippen molar-refractivity contribution in [3.8, 4) is 11.4 Å². The first kappa shape index (κ1) is 8.80. The van der Waals surface area contributed by atoms with Crippen LogP contribution in [0.15, 0.2) is 23.0 Å². The maximum absolute atomic E-state index is 13.2. The van der Waals surface area contributed by atoms with E-state index in [9.17, 15) is 8.78 Å². The summed E-state index contributed by atoms with van der Waals surface area (Å²) in [5, 5.41) is 3.44. The molecule has 0 N–H and O–H groups in total. The van der Waals surface area contributed by atoms with Gasteiger partial charge in [-0.05, 0) is 24.6 Å². The Morgan fingerprint density at radius 1 is 1.29 bits per heavy atom. The first-order chi connectivity index (χ1) is 6.68. The molecule has 0 spiro atoms. The van der Waals surface area contributed by atoms with Crippen LogP contribution in [0.25, 0.3) is 11.4 Å². The van der Waals surface area contributed by atoms with Crippen LogP contribution in [0.4, 0.5) is 8.78 Å². The van der Waals surface area contributed by atoms with Gasteiger partial charge in [0, 0.05) is 0 Å². The van der Waals surface area contributed by atoms with Gasteiger partial charge in [-0.15, -0.1) is 0 Å². The summed E-state index contributed by atoms with van der Waals surface area (Å²) < 4.78 is 30.7. The maximum Gasteiger partial charge on any atom is 0.214 e. The monoisotopic (exact) mass is 196 g/mol. The molecule has 0 aliphatic rings. The summed E-state index contributed by atoms with van der Waals surface area (Å²) in [4.78, 5) is 3.65. The third-order valence-corrected chi connectivity index (χ3v) is 1.77. The van der Waals surface area contributed by atoms with Gasteiger partial charge >= 0.3 is 0 Å². The van der Waals surface area contributed by atoms with Gasteiger partial charge in [0.15, 0.2) is 11.6 Å². The second-order valence-corrected chi connectivity index (χ2v) is 2.86. The van der Waals surface area contributed by atoms with E-state index in [-0.39, 0.29) is 11.4 Å². The molecule has 0 atom stereocenters. The molecular weight excluding hydrogens is 190 g/mol. The van der Waals surface area contributed by atoms with E-state index in [0.29, 0.717) is 5.56 Å². The van der Waals surface area contributed by atoms with E-state index in [0.717, 1.165) is 12.5 Å². The third-order valence-electron chi connectivity index (χ3n) is 1.77. The summed E-state index contributed by atoms with van der Waals surface area (Å²) in [7, 11) is 0. The first-order valence-electron chi connectivity index (χ1n) is 3.91. The zero-order valence-corrected chi connectivity index (χ0v) is 7.29. The predicted molar refractivity (Wildman–Crippen MR) is 44.4 cm³/mol. The van der Waals surface area contributed by atoms with Crippen molar-refractivity contribution in [1.82, 2.24) is 10.1 Å². The van der Waals surface area contributed by atoms with E-state index in [1.54, 1.807) is 6.92 Å². The molecule has 0 unspecified atom stereocenters. The summed E-state index contributed by atoms with van der Waals surface area (Å²) in [6, 6.07) is 2.57. The molecule has 1 heterocycles. The van der Waals surface area contributed by atoms with E-state index < -0.39 is 11.6 Å². The van der Waals surface area contributed by atoms with Gasteiger partial charge < -0.3 is 4.52 Å². The van der Waals surface area contributed by atoms with Crippen LogP contribution < -0.4 is 0 Å². The van der Waals surface area contributed by atoms with Crippen LogP contribution in [0.2, 0.25) is 0 Å². The van der Waals surface area contributed by atoms with Gasteiger partial charge in [0.2, 0.25) is 12.2 Å². The molecule has 1 aromatic carbocycles. The van der Waals surface area contributed by atoms with Gasteiger partial charge in [0.25, 0.3) is 0 Å². The molecule has 72 valence electrons. The largest absolute Gasteiger partial charge is 0.342 e. The summed E-state index contributed by atoms with van der Waals surface area (Å²) >= 11 is 0. The van der Waals surface area contributed by atoms with E-state index in [1.165, 1.54) is 6.07 Å². The fourth-order valence-electron chi connectivity index (χ4n) is 1.18. The Hall–Kier alpha value is -1.78. The van der Waals surface area contributed by atoms with Gasteiger partial charge in [0.1, 0.15) is 0 Å². The summed E-state index contributed by atoms with van der Waals surface area (Å²) in [5.74, 6) is -1.83. The number of rotatable bonds is 1. The highest BCUT2D eigenvalue weighted by Gasteiger charge is 2.14. The highest BCUT2D eigenvalue weighted by atomic mass is 19.2. The second-order valence-electron chi connectivity index (χ2n) is 2.86. The van der Waals surface area contributed by atoms with Gasteiger partial charge in [-0.2, -0.15) is 4.98 Å². The number of aromatic nitrogens is 2. The Labute approximate surface area is 78.4 Å². The average molecular weight is 196 g/mol. The minimum Gasteiger partial charge on any atom is -0.342 e. The Kier molecular flexibility index (Phi) is 1.99. The molecule has 0 saturated carbocycles. The molecule has 0 radical (unpaired) electrons. The first-order valence-corrected chi connectivity index (χ1v) is 3.91. The number of halogens is 2. The molecule has 0 aliphatic carbocycles. The normalized spacial score (nSPS) is 10.5. The molecule has 0 aliphatic heterocycles. The number of hydrogen-bond donors (Lipinski definition) is 0. The topological polar surface area (TPSA) is 38.9 Å². The maximum atomic E-state index is 13.2. The Balaban J connectivity index is 2.64. The fraction of sp³-hybridized carbons (Fsp3) is 0.111. The molecule has 0 fully saturated rings. The molecule has 1 aromatic heterocycles. The minimum atomic E-state index is -0.961. The van der Waals surface area contributed by atoms with Crippen molar-refractivity contribution in [3.05, 3.63) is 35.7 Å². The Bertz CT molecular complexity index is 454. The highest BCUT2D eigenvalue weighted by Crippen LogP contribution is 2.22. The van der Waals surface area contributed by atoms with Crippen molar-refractivity contribution in [1.29, 1.82) is 0 Å². The molecule has 0 amide bonds. The van der Waals surface area contributed by atoms with Gasteiger partial charge in [-0.1, -0.05) is 5.16 Å². The Morgan fingerprint density at radius 2 is 2.07 bits per heavy atom.